The van der Waals surface area contributed by atoms with Crippen LogP contribution in [0.5, 0.6) is 0 Å². The number of hydrogen-bond donors (Lipinski definition) is 1. The molecule has 88 valence electrons. The Hall–Kier alpha value is -0.130. The highest BCUT2D eigenvalue weighted by Crippen LogP contribution is 2.29. The van der Waals surface area contributed by atoms with Crippen LogP contribution in [0.4, 0.5) is 0 Å². The van der Waals surface area contributed by atoms with Crippen LogP contribution >= 0.6 is 22.6 Å². The first kappa shape index (κ1) is 12.3. The predicted octanol–water partition coefficient (Wildman–Crippen LogP) is 2.29. The Kier molecular flexibility index (Phi) is 3.56. The van der Waals surface area contributed by atoms with Gasteiger partial charge in [0.25, 0.3) is 0 Å². The van der Waals surface area contributed by atoms with E-state index in [1.165, 1.54) is 9.13 Å². The molecule has 1 aromatic rings. The second kappa shape index (κ2) is 4.63. The lowest BCUT2D eigenvalue weighted by Gasteiger charge is -2.22. The number of aliphatic hydroxyl groups is 1. The number of β-amino-alcohol motifs (C(OH)–C–C–N with tert-alkyl or cyclic N) is 1. The Bertz CT molecular complexity index is 353. The summed E-state index contributed by atoms with van der Waals surface area (Å²) in [5.74, 6) is 0. The highest BCUT2D eigenvalue weighted by atomic mass is 127. The molecule has 1 aromatic carbocycles. The van der Waals surface area contributed by atoms with Crippen molar-refractivity contribution in [2.24, 2.45) is 0 Å². The third-order valence-electron chi connectivity index (χ3n) is 3.42. The maximum atomic E-state index is 10.5. The van der Waals surface area contributed by atoms with Crippen molar-refractivity contribution >= 4 is 22.6 Å². The average molecular weight is 331 g/mol. The lowest BCUT2D eigenvalue weighted by Crippen LogP contribution is -2.34. The van der Waals surface area contributed by atoms with E-state index in [4.69, 9.17) is 0 Å². The van der Waals surface area contributed by atoms with E-state index in [-0.39, 0.29) is 0 Å². The molecule has 1 heterocycles. The topological polar surface area (TPSA) is 23.5 Å². The number of hydrogen-bond acceptors (Lipinski definition) is 2. The highest BCUT2D eigenvalue weighted by Gasteiger charge is 2.38. The molecule has 0 saturated carbocycles. The zero-order valence-electron chi connectivity index (χ0n) is 9.78. The molecule has 1 saturated heterocycles. The quantitative estimate of drug-likeness (QED) is 0.841. The summed E-state index contributed by atoms with van der Waals surface area (Å²) in [6.07, 6.45) is 1.63. The van der Waals surface area contributed by atoms with Crippen molar-refractivity contribution in [3.05, 3.63) is 33.4 Å². The van der Waals surface area contributed by atoms with E-state index in [2.05, 4.69) is 65.7 Å². The Morgan fingerprint density at radius 1 is 1.44 bits per heavy atom. The highest BCUT2D eigenvalue weighted by molar-refractivity contribution is 14.1. The largest absolute Gasteiger partial charge is 0.388 e. The zero-order chi connectivity index (χ0) is 11.8. The van der Waals surface area contributed by atoms with Crippen LogP contribution in [0.3, 0.4) is 0 Å². The third-order valence-corrected chi connectivity index (χ3v) is 4.14. The smallest absolute Gasteiger partial charge is 0.0828 e. The van der Waals surface area contributed by atoms with Crippen molar-refractivity contribution in [3.63, 3.8) is 0 Å². The number of benzene rings is 1. The van der Waals surface area contributed by atoms with Gasteiger partial charge in [0.2, 0.25) is 0 Å². The lowest BCUT2D eigenvalue weighted by molar-refractivity contribution is 0.0520. The van der Waals surface area contributed by atoms with Gasteiger partial charge < -0.3 is 10.0 Å². The van der Waals surface area contributed by atoms with Gasteiger partial charge >= 0.3 is 0 Å². The first-order chi connectivity index (χ1) is 7.48. The molecule has 1 aliphatic rings. The van der Waals surface area contributed by atoms with Crippen LogP contribution in [0.1, 0.15) is 18.9 Å². The fraction of sp³-hybridized carbons (Fsp3) is 0.538. The van der Waals surface area contributed by atoms with E-state index in [1.54, 1.807) is 0 Å². The first-order valence-electron chi connectivity index (χ1n) is 5.66. The second-order valence-corrected chi connectivity index (χ2v) is 6.24. The fourth-order valence-electron chi connectivity index (χ4n) is 2.50. The predicted molar refractivity (Wildman–Crippen MR) is 74.5 cm³/mol. The van der Waals surface area contributed by atoms with E-state index >= 15 is 0 Å². The van der Waals surface area contributed by atoms with E-state index in [0.717, 1.165) is 19.4 Å². The van der Waals surface area contributed by atoms with Crippen LogP contribution < -0.4 is 0 Å². The van der Waals surface area contributed by atoms with Crippen LogP contribution in [0.15, 0.2) is 24.3 Å². The summed E-state index contributed by atoms with van der Waals surface area (Å²) < 4.78 is 1.24. The van der Waals surface area contributed by atoms with Gasteiger partial charge in [-0.1, -0.05) is 12.1 Å². The molecule has 3 heteroatoms. The van der Waals surface area contributed by atoms with Crippen molar-refractivity contribution in [2.45, 2.75) is 31.4 Å². The van der Waals surface area contributed by atoms with Gasteiger partial charge in [0.05, 0.1) is 5.60 Å². The first-order valence-corrected chi connectivity index (χ1v) is 6.73. The van der Waals surface area contributed by atoms with Crippen LogP contribution in [-0.2, 0) is 6.42 Å². The lowest BCUT2D eigenvalue weighted by atomic mass is 9.92. The molecule has 0 radical (unpaired) electrons. The normalized spacial score (nSPS) is 30.9. The van der Waals surface area contributed by atoms with Gasteiger partial charge in [-0.05, 0) is 60.7 Å². The minimum atomic E-state index is -0.541. The van der Waals surface area contributed by atoms with Crippen molar-refractivity contribution in [1.29, 1.82) is 0 Å². The number of rotatable bonds is 2. The Labute approximate surface area is 111 Å². The van der Waals surface area contributed by atoms with Gasteiger partial charge in [0, 0.05) is 22.6 Å². The van der Waals surface area contributed by atoms with Crippen molar-refractivity contribution < 1.29 is 5.11 Å². The fourth-order valence-corrected chi connectivity index (χ4v) is 2.86. The number of nitrogens with zero attached hydrogens (tertiary/aromatic N) is 1. The van der Waals surface area contributed by atoms with E-state index < -0.39 is 5.60 Å². The minimum Gasteiger partial charge on any atom is -0.388 e. The SMILES string of the molecule is CC1CC(O)(Cc2ccc(I)cc2)CN1C. The maximum absolute atomic E-state index is 10.5. The van der Waals surface area contributed by atoms with Gasteiger partial charge in [-0.2, -0.15) is 0 Å². The molecular formula is C13H18INO. The molecule has 2 nitrogen and oxygen atoms in total. The van der Waals surface area contributed by atoms with Gasteiger partial charge in [0.1, 0.15) is 0 Å². The minimum absolute atomic E-state index is 0.480. The van der Waals surface area contributed by atoms with Crippen LogP contribution in [0.25, 0.3) is 0 Å². The molecule has 1 fully saturated rings. The Morgan fingerprint density at radius 2 is 2.06 bits per heavy atom. The van der Waals surface area contributed by atoms with Gasteiger partial charge in [-0.25, -0.2) is 0 Å². The molecule has 0 spiro atoms. The van der Waals surface area contributed by atoms with Gasteiger partial charge in [-0.3, -0.25) is 0 Å². The molecule has 1 N–H and O–H groups in total. The average Bonchev–Trinajstić information content (AvgIpc) is 2.45. The summed E-state index contributed by atoms with van der Waals surface area (Å²) in [5.41, 5.74) is 0.687. The molecule has 0 aliphatic carbocycles. The van der Waals surface area contributed by atoms with Crippen molar-refractivity contribution in [3.8, 4) is 0 Å². The molecule has 0 aromatic heterocycles. The van der Waals surface area contributed by atoms with Crippen molar-refractivity contribution in [2.75, 3.05) is 13.6 Å². The summed E-state index contributed by atoms with van der Waals surface area (Å²) >= 11 is 2.30. The second-order valence-electron chi connectivity index (χ2n) is 5.00. The molecule has 2 atom stereocenters. The Morgan fingerprint density at radius 3 is 2.56 bits per heavy atom. The summed E-state index contributed by atoms with van der Waals surface area (Å²) in [6, 6.07) is 8.91. The monoisotopic (exact) mass is 331 g/mol. The van der Waals surface area contributed by atoms with Crippen molar-refractivity contribution in [1.82, 2.24) is 4.90 Å². The molecule has 1 aliphatic heterocycles. The maximum Gasteiger partial charge on any atom is 0.0828 e. The van der Waals surface area contributed by atoms with Crippen LogP contribution in [0, 0.1) is 3.57 Å². The zero-order valence-corrected chi connectivity index (χ0v) is 11.9. The molecule has 2 rings (SSSR count). The molecule has 0 bridgehead atoms. The van der Waals surface area contributed by atoms with Gasteiger partial charge in [0.15, 0.2) is 0 Å². The standard InChI is InChI=1S/C13H18INO/c1-10-7-13(16,9-15(10)2)8-11-3-5-12(14)6-4-11/h3-6,10,16H,7-9H2,1-2H3. The molecule has 2 unspecified atom stereocenters. The summed E-state index contributed by atoms with van der Waals surface area (Å²) in [7, 11) is 2.08. The number of likely N-dealkylation sites (N-methyl/N-ethyl adjacent to an activating group) is 1. The van der Waals surface area contributed by atoms with E-state index in [9.17, 15) is 5.11 Å². The van der Waals surface area contributed by atoms with Crippen LogP contribution in [-0.4, -0.2) is 35.2 Å². The molecule has 16 heavy (non-hydrogen) atoms. The van der Waals surface area contributed by atoms with E-state index in [1.807, 2.05) is 0 Å². The number of halogens is 1. The van der Waals surface area contributed by atoms with Gasteiger partial charge in [-0.15, -0.1) is 0 Å². The summed E-state index contributed by atoms with van der Waals surface area (Å²) in [6.45, 7) is 2.95. The molecular weight excluding hydrogens is 313 g/mol. The molecule has 0 amide bonds. The summed E-state index contributed by atoms with van der Waals surface area (Å²) in [5, 5.41) is 10.5. The number of likely N-dealkylation sites (tertiary alicyclic amines) is 1. The van der Waals surface area contributed by atoms with E-state index in [0.29, 0.717) is 6.04 Å². The van der Waals surface area contributed by atoms with Crippen LogP contribution in [0.2, 0.25) is 0 Å². The summed E-state index contributed by atoms with van der Waals surface area (Å²) in [4.78, 5) is 2.23. The third kappa shape index (κ3) is 2.76. The Balaban J connectivity index is 2.07.